The standard InChI is InChI=1S/C23H20N4O3/c1-29-18-13-11-17(12-14-18)22-25-23(27-26-22)24-21(28)15-30-20-10-6-5-9-19(20)16-7-3-2-4-8-16/h2-14H,15H2,1H3,(H2,24,25,26,27,28). The van der Waals surface area contributed by atoms with Gasteiger partial charge in [0.2, 0.25) is 5.95 Å². The van der Waals surface area contributed by atoms with Gasteiger partial charge in [0.25, 0.3) is 5.91 Å². The summed E-state index contributed by atoms with van der Waals surface area (Å²) in [7, 11) is 1.61. The molecule has 30 heavy (non-hydrogen) atoms. The van der Waals surface area contributed by atoms with Crippen molar-refractivity contribution in [2.24, 2.45) is 0 Å². The predicted molar refractivity (Wildman–Crippen MR) is 114 cm³/mol. The Labute approximate surface area is 173 Å². The number of para-hydroxylation sites is 1. The number of nitrogens with zero attached hydrogens (tertiary/aromatic N) is 2. The number of carbonyl (C=O) groups is 1. The van der Waals surface area contributed by atoms with E-state index in [0.717, 1.165) is 22.4 Å². The number of nitrogens with one attached hydrogen (secondary N) is 2. The van der Waals surface area contributed by atoms with Crippen LogP contribution in [-0.2, 0) is 4.79 Å². The molecule has 1 amide bonds. The summed E-state index contributed by atoms with van der Waals surface area (Å²) in [6.45, 7) is -0.156. The molecule has 0 atom stereocenters. The fraction of sp³-hybridized carbons (Fsp3) is 0.0870. The van der Waals surface area contributed by atoms with Gasteiger partial charge in [-0.05, 0) is 35.9 Å². The third-order valence-corrected chi connectivity index (χ3v) is 4.43. The van der Waals surface area contributed by atoms with Crippen molar-refractivity contribution in [3.63, 3.8) is 0 Å². The molecular weight excluding hydrogens is 380 g/mol. The highest BCUT2D eigenvalue weighted by atomic mass is 16.5. The minimum Gasteiger partial charge on any atom is -0.497 e. The lowest BCUT2D eigenvalue weighted by molar-refractivity contribution is -0.118. The van der Waals surface area contributed by atoms with Gasteiger partial charge in [-0.1, -0.05) is 48.5 Å². The number of hydrogen-bond donors (Lipinski definition) is 2. The summed E-state index contributed by atoms with van der Waals surface area (Å²) in [6.07, 6.45) is 0. The van der Waals surface area contributed by atoms with Gasteiger partial charge in [0, 0.05) is 11.1 Å². The molecule has 0 spiro atoms. The first-order chi connectivity index (χ1) is 14.7. The molecule has 4 aromatic rings. The van der Waals surface area contributed by atoms with Crippen LogP contribution in [-0.4, -0.2) is 34.8 Å². The first kappa shape index (κ1) is 19.2. The minimum atomic E-state index is -0.349. The summed E-state index contributed by atoms with van der Waals surface area (Å²) >= 11 is 0. The number of hydrogen-bond acceptors (Lipinski definition) is 5. The third-order valence-electron chi connectivity index (χ3n) is 4.43. The first-order valence-electron chi connectivity index (χ1n) is 9.37. The average Bonchev–Trinajstić information content (AvgIpc) is 3.27. The molecule has 0 saturated heterocycles. The molecule has 0 aliphatic carbocycles. The summed E-state index contributed by atoms with van der Waals surface area (Å²) in [4.78, 5) is 16.6. The monoisotopic (exact) mass is 400 g/mol. The van der Waals surface area contributed by atoms with E-state index in [4.69, 9.17) is 9.47 Å². The largest absolute Gasteiger partial charge is 0.497 e. The van der Waals surface area contributed by atoms with Crippen LogP contribution in [0.3, 0.4) is 0 Å². The Bertz CT molecular complexity index is 1120. The molecule has 0 saturated carbocycles. The molecule has 4 rings (SSSR count). The molecule has 7 heteroatoms. The Kier molecular flexibility index (Phi) is 5.70. The number of anilines is 1. The van der Waals surface area contributed by atoms with Gasteiger partial charge in [-0.2, -0.15) is 4.98 Å². The summed E-state index contributed by atoms with van der Waals surface area (Å²) in [5.74, 6) is 1.76. The van der Waals surface area contributed by atoms with E-state index in [2.05, 4.69) is 20.5 Å². The van der Waals surface area contributed by atoms with E-state index in [1.807, 2.05) is 78.9 Å². The summed E-state index contributed by atoms with van der Waals surface area (Å²) in [5, 5.41) is 9.49. The highest BCUT2D eigenvalue weighted by Gasteiger charge is 2.11. The second kappa shape index (κ2) is 8.91. The molecule has 0 radical (unpaired) electrons. The van der Waals surface area contributed by atoms with E-state index in [1.54, 1.807) is 7.11 Å². The van der Waals surface area contributed by atoms with Crippen molar-refractivity contribution in [2.75, 3.05) is 19.0 Å². The molecule has 2 N–H and O–H groups in total. The van der Waals surface area contributed by atoms with Gasteiger partial charge in [-0.15, -0.1) is 5.10 Å². The number of ether oxygens (including phenoxy) is 2. The molecule has 0 fully saturated rings. The lowest BCUT2D eigenvalue weighted by atomic mass is 10.1. The molecule has 150 valence electrons. The lowest BCUT2D eigenvalue weighted by Gasteiger charge is -2.11. The molecule has 3 aromatic carbocycles. The van der Waals surface area contributed by atoms with Gasteiger partial charge in [0.05, 0.1) is 7.11 Å². The first-order valence-corrected chi connectivity index (χ1v) is 9.37. The molecule has 0 unspecified atom stereocenters. The predicted octanol–water partition coefficient (Wildman–Crippen LogP) is 4.16. The summed E-state index contributed by atoms with van der Waals surface area (Å²) in [6, 6.07) is 24.8. The Morgan fingerprint density at radius 3 is 2.43 bits per heavy atom. The smallest absolute Gasteiger partial charge is 0.264 e. The Balaban J connectivity index is 1.39. The van der Waals surface area contributed by atoms with E-state index in [1.165, 1.54) is 0 Å². The number of H-pyrrole nitrogens is 1. The van der Waals surface area contributed by atoms with Crippen LogP contribution in [0.2, 0.25) is 0 Å². The van der Waals surface area contributed by atoms with Crippen molar-refractivity contribution in [1.29, 1.82) is 0 Å². The van der Waals surface area contributed by atoms with Gasteiger partial charge in [0.15, 0.2) is 12.4 Å². The van der Waals surface area contributed by atoms with Gasteiger partial charge in [-0.3, -0.25) is 15.2 Å². The zero-order valence-corrected chi connectivity index (χ0v) is 16.3. The van der Waals surface area contributed by atoms with Crippen LogP contribution < -0.4 is 14.8 Å². The fourth-order valence-electron chi connectivity index (χ4n) is 2.95. The highest BCUT2D eigenvalue weighted by Crippen LogP contribution is 2.29. The van der Waals surface area contributed by atoms with Crippen molar-refractivity contribution < 1.29 is 14.3 Å². The fourth-order valence-corrected chi connectivity index (χ4v) is 2.95. The molecular formula is C23H20N4O3. The maximum Gasteiger partial charge on any atom is 0.264 e. The normalized spacial score (nSPS) is 10.4. The molecule has 1 aromatic heterocycles. The molecule has 7 nitrogen and oxygen atoms in total. The van der Waals surface area contributed by atoms with Crippen molar-refractivity contribution in [1.82, 2.24) is 15.2 Å². The highest BCUT2D eigenvalue weighted by molar-refractivity contribution is 5.90. The number of aromatic amines is 1. The number of amides is 1. The average molecular weight is 400 g/mol. The second-order valence-corrected chi connectivity index (χ2v) is 6.44. The molecule has 0 aliphatic rings. The number of carbonyl (C=O) groups excluding carboxylic acids is 1. The summed E-state index contributed by atoms with van der Waals surface area (Å²) in [5.41, 5.74) is 2.77. The Hall–Kier alpha value is -4.13. The van der Waals surface area contributed by atoms with E-state index in [0.29, 0.717) is 11.6 Å². The molecule has 0 aliphatic heterocycles. The zero-order chi connectivity index (χ0) is 20.8. The van der Waals surface area contributed by atoms with Crippen molar-refractivity contribution in [3.8, 4) is 34.0 Å². The van der Waals surface area contributed by atoms with Crippen molar-refractivity contribution >= 4 is 11.9 Å². The van der Waals surface area contributed by atoms with E-state index < -0.39 is 0 Å². The number of methoxy groups -OCH3 is 1. The maximum absolute atomic E-state index is 12.3. The number of aromatic nitrogens is 3. The zero-order valence-electron chi connectivity index (χ0n) is 16.3. The lowest BCUT2D eigenvalue weighted by Crippen LogP contribution is -2.21. The van der Waals surface area contributed by atoms with Crippen LogP contribution in [0.5, 0.6) is 11.5 Å². The molecule has 1 heterocycles. The van der Waals surface area contributed by atoms with Crippen LogP contribution in [0.15, 0.2) is 78.9 Å². The third kappa shape index (κ3) is 4.47. The van der Waals surface area contributed by atoms with Gasteiger partial charge < -0.3 is 9.47 Å². The van der Waals surface area contributed by atoms with Crippen LogP contribution in [0.1, 0.15) is 0 Å². The summed E-state index contributed by atoms with van der Waals surface area (Å²) < 4.78 is 10.9. The molecule has 0 bridgehead atoms. The van der Waals surface area contributed by atoms with E-state index >= 15 is 0 Å². The van der Waals surface area contributed by atoms with Gasteiger partial charge in [0.1, 0.15) is 11.5 Å². The van der Waals surface area contributed by atoms with Crippen LogP contribution in [0, 0.1) is 0 Å². The van der Waals surface area contributed by atoms with Gasteiger partial charge >= 0.3 is 0 Å². The van der Waals surface area contributed by atoms with Crippen molar-refractivity contribution in [2.45, 2.75) is 0 Å². The number of rotatable bonds is 7. The number of benzene rings is 3. The quantitative estimate of drug-likeness (QED) is 0.486. The Morgan fingerprint density at radius 2 is 1.67 bits per heavy atom. The van der Waals surface area contributed by atoms with Crippen LogP contribution >= 0.6 is 0 Å². The van der Waals surface area contributed by atoms with Crippen LogP contribution in [0.4, 0.5) is 5.95 Å². The van der Waals surface area contributed by atoms with E-state index in [9.17, 15) is 4.79 Å². The SMILES string of the molecule is COc1ccc(-c2nc(NC(=O)COc3ccccc3-c3ccccc3)n[nH]2)cc1. The second-order valence-electron chi connectivity index (χ2n) is 6.44. The van der Waals surface area contributed by atoms with Crippen molar-refractivity contribution in [3.05, 3.63) is 78.9 Å². The minimum absolute atomic E-state index is 0.156. The van der Waals surface area contributed by atoms with E-state index in [-0.39, 0.29) is 18.5 Å². The maximum atomic E-state index is 12.3. The van der Waals surface area contributed by atoms with Crippen LogP contribution in [0.25, 0.3) is 22.5 Å². The Morgan fingerprint density at radius 1 is 0.933 bits per heavy atom. The topological polar surface area (TPSA) is 89.1 Å². The van der Waals surface area contributed by atoms with Gasteiger partial charge in [-0.25, -0.2) is 0 Å².